The van der Waals surface area contributed by atoms with Crippen LogP contribution in [-0.4, -0.2) is 35.9 Å². The monoisotopic (exact) mass is 229 g/mol. The molecule has 0 spiro atoms. The fraction of sp³-hybridized carbons (Fsp3) is 0.917. The van der Waals surface area contributed by atoms with E-state index in [4.69, 9.17) is 0 Å². The first kappa shape index (κ1) is 13.0. The molecule has 2 atom stereocenters. The van der Waals surface area contributed by atoms with Crippen LogP contribution in [-0.2, 0) is 4.79 Å². The summed E-state index contributed by atoms with van der Waals surface area (Å²) in [6.07, 6.45) is 5.24. The highest BCUT2D eigenvalue weighted by atomic mass is 32.2. The molecule has 2 unspecified atom stereocenters. The SMILES string of the molecule is CSC(=O)CC1CCC1CN(C)C(C)C. The maximum atomic E-state index is 11.3. The van der Waals surface area contributed by atoms with Gasteiger partial charge in [0.25, 0.3) is 0 Å². The van der Waals surface area contributed by atoms with Gasteiger partial charge >= 0.3 is 0 Å². The van der Waals surface area contributed by atoms with Crippen molar-refractivity contribution >= 4 is 16.9 Å². The molecule has 3 heteroatoms. The second kappa shape index (κ2) is 5.90. The second-order valence-corrected chi connectivity index (χ2v) is 5.77. The van der Waals surface area contributed by atoms with Crippen LogP contribution in [0.25, 0.3) is 0 Å². The Balaban J connectivity index is 2.29. The Morgan fingerprint density at radius 2 is 2.00 bits per heavy atom. The number of carbonyl (C=O) groups is 1. The second-order valence-electron chi connectivity index (χ2n) is 4.91. The van der Waals surface area contributed by atoms with E-state index in [-0.39, 0.29) is 0 Å². The maximum absolute atomic E-state index is 11.3. The van der Waals surface area contributed by atoms with E-state index in [1.165, 1.54) is 24.6 Å². The number of rotatable bonds is 5. The van der Waals surface area contributed by atoms with Crippen molar-refractivity contribution in [3.63, 3.8) is 0 Å². The van der Waals surface area contributed by atoms with Gasteiger partial charge in [0.05, 0.1) is 0 Å². The molecule has 88 valence electrons. The molecule has 1 rings (SSSR count). The minimum Gasteiger partial charge on any atom is -0.304 e. The van der Waals surface area contributed by atoms with E-state index in [0.717, 1.165) is 18.9 Å². The lowest BCUT2D eigenvalue weighted by Gasteiger charge is -2.39. The van der Waals surface area contributed by atoms with Crippen molar-refractivity contribution in [2.45, 2.75) is 39.2 Å². The standard InChI is InChI=1S/C12H23NOS/c1-9(2)13(3)8-11-6-5-10(11)7-12(14)15-4/h9-11H,5-8H2,1-4H3. The maximum Gasteiger partial charge on any atom is 0.188 e. The van der Waals surface area contributed by atoms with Gasteiger partial charge in [0, 0.05) is 19.0 Å². The summed E-state index contributed by atoms with van der Waals surface area (Å²) in [4.78, 5) is 13.7. The van der Waals surface area contributed by atoms with Gasteiger partial charge in [0.2, 0.25) is 0 Å². The van der Waals surface area contributed by atoms with E-state index in [0.29, 0.717) is 17.1 Å². The first-order valence-corrected chi connectivity index (χ1v) is 7.04. The van der Waals surface area contributed by atoms with Crippen LogP contribution < -0.4 is 0 Å². The first-order chi connectivity index (χ1) is 7.04. The third-order valence-electron chi connectivity index (χ3n) is 3.64. The largest absolute Gasteiger partial charge is 0.304 e. The molecule has 1 aliphatic carbocycles. The molecule has 0 aromatic rings. The average molecular weight is 229 g/mol. The fourth-order valence-corrected chi connectivity index (χ4v) is 2.41. The van der Waals surface area contributed by atoms with Crippen molar-refractivity contribution in [1.29, 1.82) is 0 Å². The molecule has 2 nitrogen and oxygen atoms in total. The lowest BCUT2D eigenvalue weighted by Crippen LogP contribution is -2.39. The summed E-state index contributed by atoms with van der Waals surface area (Å²) in [6.45, 7) is 5.60. The third kappa shape index (κ3) is 3.80. The zero-order valence-electron chi connectivity index (χ0n) is 10.3. The minimum absolute atomic E-state index is 0.358. The van der Waals surface area contributed by atoms with Gasteiger partial charge in [-0.25, -0.2) is 0 Å². The van der Waals surface area contributed by atoms with Gasteiger partial charge < -0.3 is 4.90 Å². The van der Waals surface area contributed by atoms with E-state index in [9.17, 15) is 4.79 Å². The van der Waals surface area contributed by atoms with Gasteiger partial charge in [0.1, 0.15) is 0 Å². The molecule has 1 fully saturated rings. The molecular weight excluding hydrogens is 206 g/mol. The Labute approximate surface area is 97.8 Å². The molecule has 0 bridgehead atoms. The van der Waals surface area contributed by atoms with Crippen molar-refractivity contribution in [3.05, 3.63) is 0 Å². The number of nitrogens with zero attached hydrogens (tertiary/aromatic N) is 1. The van der Waals surface area contributed by atoms with E-state index >= 15 is 0 Å². The smallest absolute Gasteiger partial charge is 0.188 e. The zero-order valence-corrected chi connectivity index (χ0v) is 11.1. The first-order valence-electron chi connectivity index (χ1n) is 5.81. The van der Waals surface area contributed by atoms with Gasteiger partial charge in [-0.3, -0.25) is 4.79 Å². The van der Waals surface area contributed by atoms with Crippen molar-refractivity contribution in [2.24, 2.45) is 11.8 Å². The Hall–Kier alpha value is -0.0200. The van der Waals surface area contributed by atoms with Crippen LogP contribution in [0.4, 0.5) is 0 Å². The van der Waals surface area contributed by atoms with E-state index in [1.54, 1.807) is 0 Å². The molecule has 0 saturated heterocycles. The van der Waals surface area contributed by atoms with Crippen LogP contribution in [0.3, 0.4) is 0 Å². The van der Waals surface area contributed by atoms with Crippen molar-refractivity contribution < 1.29 is 4.79 Å². The van der Waals surface area contributed by atoms with Crippen molar-refractivity contribution in [3.8, 4) is 0 Å². The zero-order chi connectivity index (χ0) is 11.4. The Bertz CT molecular complexity index is 218. The van der Waals surface area contributed by atoms with Gasteiger partial charge in [-0.1, -0.05) is 11.8 Å². The Kier molecular flexibility index (Phi) is 5.13. The van der Waals surface area contributed by atoms with E-state index in [2.05, 4.69) is 25.8 Å². The molecule has 0 radical (unpaired) electrons. The van der Waals surface area contributed by atoms with Gasteiger partial charge in [0.15, 0.2) is 5.12 Å². The summed E-state index contributed by atoms with van der Waals surface area (Å²) >= 11 is 1.38. The Morgan fingerprint density at radius 3 is 2.40 bits per heavy atom. The molecule has 0 N–H and O–H groups in total. The molecule has 0 amide bonds. The van der Waals surface area contributed by atoms with Gasteiger partial charge in [-0.05, 0) is 51.8 Å². The normalized spacial score (nSPS) is 25.7. The van der Waals surface area contributed by atoms with Gasteiger partial charge in [-0.15, -0.1) is 0 Å². The molecule has 0 aromatic heterocycles. The fourth-order valence-electron chi connectivity index (χ4n) is 2.03. The predicted molar refractivity (Wildman–Crippen MR) is 67.1 cm³/mol. The van der Waals surface area contributed by atoms with E-state index < -0.39 is 0 Å². The number of hydrogen-bond acceptors (Lipinski definition) is 3. The van der Waals surface area contributed by atoms with Crippen molar-refractivity contribution in [2.75, 3.05) is 19.8 Å². The van der Waals surface area contributed by atoms with Gasteiger partial charge in [-0.2, -0.15) is 0 Å². The summed E-state index contributed by atoms with van der Waals surface area (Å²) in [7, 11) is 2.18. The van der Waals surface area contributed by atoms with Crippen LogP contribution in [0.15, 0.2) is 0 Å². The highest BCUT2D eigenvalue weighted by Gasteiger charge is 2.33. The highest BCUT2D eigenvalue weighted by Crippen LogP contribution is 2.38. The predicted octanol–water partition coefficient (Wildman–Crippen LogP) is 2.63. The molecule has 1 aliphatic rings. The third-order valence-corrected chi connectivity index (χ3v) is 4.26. The quantitative estimate of drug-likeness (QED) is 0.723. The lowest BCUT2D eigenvalue weighted by molar-refractivity contribution is -0.113. The van der Waals surface area contributed by atoms with Crippen LogP contribution in [0.5, 0.6) is 0 Å². The van der Waals surface area contributed by atoms with Crippen LogP contribution in [0, 0.1) is 11.8 Å². The molecule has 0 heterocycles. The molecule has 0 aromatic carbocycles. The number of carbonyl (C=O) groups excluding carboxylic acids is 1. The van der Waals surface area contributed by atoms with E-state index in [1.807, 2.05) is 6.26 Å². The summed E-state index contributed by atoms with van der Waals surface area (Å²) < 4.78 is 0. The van der Waals surface area contributed by atoms with Crippen LogP contribution in [0.1, 0.15) is 33.1 Å². The summed E-state index contributed by atoms with van der Waals surface area (Å²) in [6, 6.07) is 0.613. The molecular formula is C12H23NOS. The molecule has 15 heavy (non-hydrogen) atoms. The topological polar surface area (TPSA) is 20.3 Å². The Morgan fingerprint density at radius 1 is 1.40 bits per heavy atom. The van der Waals surface area contributed by atoms with Crippen LogP contribution in [0.2, 0.25) is 0 Å². The highest BCUT2D eigenvalue weighted by molar-refractivity contribution is 8.13. The average Bonchev–Trinajstić information content (AvgIpc) is 2.19. The summed E-state index contributed by atoms with van der Waals surface area (Å²) in [5.74, 6) is 1.42. The minimum atomic E-state index is 0.358. The summed E-state index contributed by atoms with van der Waals surface area (Å²) in [5, 5.41) is 0.358. The number of thioether (sulfide) groups is 1. The molecule has 0 aliphatic heterocycles. The van der Waals surface area contributed by atoms with Crippen molar-refractivity contribution in [1.82, 2.24) is 4.90 Å². The summed E-state index contributed by atoms with van der Waals surface area (Å²) in [5.41, 5.74) is 0. The molecule has 1 saturated carbocycles. The lowest BCUT2D eigenvalue weighted by atomic mass is 9.72. The van der Waals surface area contributed by atoms with Crippen LogP contribution >= 0.6 is 11.8 Å². The number of hydrogen-bond donors (Lipinski definition) is 0.